The van der Waals surface area contributed by atoms with Crippen molar-refractivity contribution in [1.82, 2.24) is 9.80 Å². The van der Waals surface area contributed by atoms with Crippen molar-refractivity contribution in [2.24, 2.45) is 0 Å². The van der Waals surface area contributed by atoms with Gasteiger partial charge in [-0.05, 0) is 67.1 Å². The van der Waals surface area contributed by atoms with E-state index in [1.807, 2.05) is 0 Å². The molecule has 206 valence electrons. The van der Waals surface area contributed by atoms with Gasteiger partial charge in [-0.2, -0.15) is 13.2 Å². The molecule has 38 heavy (non-hydrogen) atoms. The van der Waals surface area contributed by atoms with Crippen molar-refractivity contribution in [2.75, 3.05) is 40.0 Å². The summed E-state index contributed by atoms with van der Waals surface area (Å²) in [4.78, 5) is 15.1. The second kappa shape index (κ2) is 11.5. The molecule has 1 fully saturated rings. The second-order valence-electron chi connectivity index (χ2n) is 9.92. The second-order valence-corrected chi connectivity index (χ2v) is 9.92. The molecule has 0 amide bonds. The van der Waals surface area contributed by atoms with Crippen molar-refractivity contribution in [2.45, 2.75) is 44.4 Å². The minimum Gasteiger partial charge on any atom is -0.465 e. The Balaban J connectivity index is 1.73. The fraction of sp³-hybridized carbons (Fsp3) is 0.464. The summed E-state index contributed by atoms with van der Waals surface area (Å²) in [7, 11) is 1.22. The Morgan fingerprint density at radius 2 is 1.87 bits per heavy atom. The molecule has 2 aromatic carbocycles. The van der Waals surface area contributed by atoms with Gasteiger partial charge in [0.25, 0.3) is 0 Å². The molecule has 0 aromatic heterocycles. The van der Waals surface area contributed by atoms with Gasteiger partial charge in [0.15, 0.2) is 0 Å². The lowest BCUT2D eigenvalue weighted by Gasteiger charge is -2.42. The molecule has 2 aliphatic heterocycles. The summed E-state index contributed by atoms with van der Waals surface area (Å²) in [5.74, 6) is -2.50. The monoisotopic (exact) mass is 540 g/mol. The van der Waals surface area contributed by atoms with Gasteiger partial charge in [-0.3, -0.25) is 14.2 Å². The number of halogens is 6. The van der Waals surface area contributed by atoms with Gasteiger partial charge in [-0.15, -0.1) is 0 Å². The van der Waals surface area contributed by atoms with Gasteiger partial charge in [0.1, 0.15) is 11.6 Å². The first kappa shape index (κ1) is 28.2. The van der Waals surface area contributed by atoms with Crippen LogP contribution >= 0.6 is 0 Å². The molecule has 2 aromatic rings. The number of benzene rings is 2. The van der Waals surface area contributed by atoms with E-state index < -0.39 is 54.6 Å². The summed E-state index contributed by atoms with van der Waals surface area (Å²) in [6, 6.07) is 4.58. The maximum absolute atomic E-state index is 15.6. The van der Waals surface area contributed by atoms with Crippen molar-refractivity contribution in [3.05, 3.63) is 75.4 Å². The molecule has 4 nitrogen and oxygen atoms in total. The summed E-state index contributed by atoms with van der Waals surface area (Å²) in [5.41, 5.74) is 1.81. The molecule has 2 aliphatic rings. The predicted octanol–water partition coefficient (Wildman–Crippen LogP) is 6.10. The number of rotatable bonds is 7. The summed E-state index contributed by atoms with van der Waals surface area (Å²) in [6.07, 6.45) is -1.64. The van der Waals surface area contributed by atoms with Crippen LogP contribution in [0.2, 0.25) is 0 Å². The Morgan fingerprint density at radius 3 is 2.50 bits per heavy atom. The Kier molecular flexibility index (Phi) is 8.52. The van der Waals surface area contributed by atoms with Gasteiger partial charge in [0.2, 0.25) is 0 Å². The number of ether oxygens (including phenoxy) is 1. The van der Waals surface area contributed by atoms with E-state index in [2.05, 4.69) is 4.90 Å². The Labute approximate surface area is 217 Å². The molecule has 4 rings (SSSR count). The van der Waals surface area contributed by atoms with Crippen LogP contribution in [-0.2, 0) is 11.2 Å². The average Bonchev–Trinajstić information content (AvgIpc) is 3.29. The molecule has 0 aliphatic carbocycles. The molecule has 0 saturated carbocycles. The molecule has 0 radical (unpaired) electrons. The van der Waals surface area contributed by atoms with E-state index in [4.69, 9.17) is 4.74 Å². The number of esters is 1. The van der Waals surface area contributed by atoms with Crippen LogP contribution in [0, 0.1) is 11.6 Å². The van der Waals surface area contributed by atoms with Crippen molar-refractivity contribution < 1.29 is 35.9 Å². The minimum absolute atomic E-state index is 0.166. The van der Waals surface area contributed by atoms with E-state index in [-0.39, 0.29) is 17.5 Å². The zero-order valence-corrected chi connectivity index (χ0v) is 21.3. The standard InChI is InChI=1S/C28H30F6N2O2/c1-17-10-21-14-20(27(37)38-2)4-5-22(21)26(36(17)16-28(32,33)34)25-23(30)12-19(13-24(25)31)11-18-6-9-35(15-18)8-3-7-29/h4-5,11-14,17,26H,3,6-10,15-16H2,1-2H3/b18-11-/t17-,26+/m1/s1. The van der Waals surface area contributed by atoms with Gasteiger partial charge in [-0.1, -0.05) is 17.7 Å². The van der Waals surface area contributed by atoms with Crippen LogP contribution in [0.5, 0.6) is 0 Å². The number of methoxy groups -OCH3 is 1. The third-order valence-corrected chi connectivity index (χ3v) is 7.16. The van der Waals surface area contributed by atoms with E-state index in [9.17, 15) is 22.4 Å². The highest BCUT2D eigenvalue weighted by Gasteiger charge is 2.42. The summed E-state index contributed by atoms with van der Waals surface area (Å²) in [5, 5.41) is 0. The van der Waals surface area contributed by atoms with Crippen molar-refractivity contribution in [3.63, 3.8) is 0 Å². The van der Waals surface area contributed by atoms with Gasteiger partial charge >= 0.3 is 12.1 Å². The molecule has 2 atom stereocenters. The molecule has 0 spiro atoms. The first-order chi connectivity index (χ1) is 18.0. The van der Waals surface area contributed by atoms with Gasteiger partial charge in [-0.25, -0.2) is 13.6 Å². The zero-order valence-electron chi connectivity index (χ0n) is 21.3. The van der Waals surface area contributed by atoms with Crippen LogP contribution in [0.1, 0.15) is 58.4 Å². The Morgan fingerprint density at radius 1 is 1.16 bits per heavy atom. The molecule has 0 unspecified atom stereocenters. The first-order valence-corrected chi connectivity index (χ1v) is 12.5. The number of hydrogen-bond donors (Lipinski definition) is 0. The number of fused-ring (bicyclic) bond motifs is 1. The Bertz CT molecular complexity index is 1190. The van der Waals surface area contributed by atoms with Crippen LogP contribution < -0.4 is 0 Å². The normalized spacial score (nSPS) is 21.6. The lowest BCUT2D eigenvalue weighted by molar-refractivity contribution is -0.155. The highest BCUT2D eigenvalue weighted by Crippen LogP contribution is 2.42. The predicted molar refractivity (Wildman–Crippen MR) is 132 cm³/mol. The molecular weight excluding hydrogens is 510 g/mol. The molecule has 1 saturated heterocycles. The van der Waals surface area contributed by atoms with Gasteiger partial charge in [0, 0.05) is 31.2 Å². The fourth-order valence-corrected chi connectivity index (χ4v) is 5.46. The van der Waals surface area contributed by atoms with E-state index in [0.29, 0.717) is 37.1 Å². The summed E-state index contributed by atoms with van der Waals surface area (Å²) < 4.78 is 89.1. The maximum atomic E-state index is 15.6. The average molecular weight is 541 g/mol. The van der Waals surface area contributed by atoms with Crippen molar-refractivity contribution in [1.29, 1.82) is 0 Å². The van der Waals surface area contributed by atoms with Gasteiger partial charge in [0.05, 0.1) is 31.9 Å². The van der Waals surface area contributed by atoms with Crippen LogP contribution in [-0.4, -0.2) is 68.0 Å². The third-order valence-electron chi connectivity index (χ3n) is 7.16. The highest BCUT2D eigenvalue weighted by molar-refractivity contribution is 5.89. The lowest BCUT2D eigenvalue weighted by atomic mass is 9.83. The lowest BCUT2D eigenvalue weighted by Crippen LogP contribution is -2.47. The Hall–Kier alpha value is -2.85. The quantitative estimate of drug-likeness (QED) is 0.314. The molecular formula is C28H30F6N2O2. The maximum Gasteiger partial charge on any atom is 0.401 e. The van der Waals surface area contributed by atoms with Crippen LogP contribution in [0.25, 0.3) is 6.08 Å². The number of hydrogen-bond acceptors (Lipinski definition) is 4. The largest absolute Gasteiger partial charge is 0.465 e. The molecule has 10 heteroatoms. The van der Waals surface area contributed by atoms with E-state index in [1.54, 1.807) is 13.0 Å². The number of carbonyl (C=O) groups excluding carboxylic acids is 1. The zero-order chi connectivity index (χ0) is 27.6. The molecule has 2 heterocycles. The summed E-state index contributed by atoms with van der Waals surface area (Å²) in [6.45, 7) is 1.70. The van der Waals surface area contributed by atoms with Crippen molar-refractivity contribution in [3.8, 4) is 0 Å². The highest BCUT2D eigenvalue weighted by atomic mass is 19.4. The smallest absolute Gasteiger partial charge is 0.401 e. The fourth-order valence-electron chi connectivity index (χ4n) is 5.46. The van der Waals surface area contributed by atoms with E-state index >= 15 is 8.78 Å². The van der Waals surface area contributed by atoms with Crippen LogP contribution in [0.4, 0.5) is 26.3 Å². The molecule has 0 N–H and O–H groups in total. The third kappa shape index (κ3) is 6.23. The molecule has 0 bridgehead atoms. The topological polar surface area (TPSA) is 32.8 Å². The van der Waals surface area contributed by atoms with E-state index in [1.165, 1.54) is 25.3 Å². The SMILES string of the molecule is COC(=O)c1ccc2c(c1)C[C@@H](C)N(CC(F)(F)F)[C@@H]2c1c(F)cc(/C=C2/CCN(CCCF)C2)cc1F. The first-order valence-electron chi connectivity index (χ1n) is 12.5. The van der Waals surface area contributed by atoms with Gasteiger partial charge < -0.3 is 4.74 Å². The number of carbonyl (C=O) groups is 1. The van der Waals surface area contributed by atoms with Crippen molar-refractivity contribution >= 4 is 12.0 Å². The van der Waals surface area contributed by atoms with E-state index in [0.717, 1.165) is 29.2 Å². The number of nitrogens with zero attached hydrogens (tertiary/aromatic N) is 2. The minimum atomic E-state index is -4.59. The number of alkyl halides is 4. The van der Waals surface area contributed by atoms with Crippen LogP contribution in [0.3, 0.4) is 0 Å². The van der Waals surface area contributed by atoms with Crippen LogP contribution in [0.15, 0.2) is 35.9 Å². The summed E-state index contributed by atoms with van der Waals surface area (Å²) >= 11 is 0. The number of likely N-dealkylation sites (tertiary alicyclic amines) is 1.